The zero-order chi connectivity index (χ0) is 18.0. The smallest absolute Gasteiger partial charge is 0.342 e. The molecular formula is C20H21NO4. The van der Waals surface area contributed by atoms with Crippen molar-refractivity contribution in [2.45, 2.75) is 32.8 Å². The molecule has 1 N–H and O–H groups in total. The largest absolute Gasteiger partial charge is 0.507 e. The quantitative estimate of drug-likeness (QED) is 0.872. The van der Waals surface area contributed by atoms with Gasteiger partial charge in [0, 0.05) is 12.2 Å². The van der Waals surface area contributed by atoms with E-state index in [1.807, 2.05) is 31.2 Å². The van der Waals surface area contributed by atoms with E-state index in [1.165, 1.54) is 6.07 Å². The highest BCUT2D eigenvalue weighted by atomic mass is 16.5. The van der Waals surface area contributed by atoms with Gasteiger partial charge in [-0.2, -0.15) is 0 Å². The van der Waals surface area contributed by atoms with Crippen LogP contribution in [0.3, 0.4) is 0 Å². The van der Waals surface area contributed by atoms with Gasteiger partial charge >= 0.3 is 5.97 Å². The van der Waals surface area contributed by atoms with Gasteiger partial charge in [0.2, 0.25) is 0 Å². The second kappa shape index (κ2) is 6.97. The first-order valence-electron chi connectivity index (χ1n) is 8.37. The van der Waals surface area contributed by atoms with Crippen molar-refractivity contribution in [1.29, 1.82) is 0 Å². The Morgan fingerprint density at radius 1 is 1.20 bits per heavy atom. The van der Waals surface area contributed by atoms with E-state index in [2.05, 4.69) is 0 Å². The molecule has 25 heavy (non-hydrogen) atoms. The molecule has 0 fully saturated rings. The first kappa shape index (κ1) is 17.0. The molecule has 0 radical (unpaired) electrons. The third kappa shape index (κ3) is 3.50. The highest BCUT2D eigenvalue weighted by Gasteiger charge is 2.29. The average molecular weight is 339 g/mol. The molecule has 0 bridgehead atoms. The molecule has 1 aliphatic heterocycles. The van der Waals surface area contributed by atoms with Gasteiger partial charge in [-0.3, -0.25) is 4.79 Å². The number of amides is 1. The molecular weight excluding hydrogens is 318 g/mol. The number of hydrogen-bond donors (Lipinski definition) is 1. The normalized spacial score (nSPS) is 14.6. The topological polar surface area (TPSA) is 66.8 Å². The van der Waals surface area contributed by atoms with Crippen LogP contribution >= 0.6 is 0 Å². The van der Waals surface area contributed by atoms with E-state index in [0.29, 0.717) is 6.54 Å². The minimum atomic E-state index is -0.932. The number of nitrogens with zero attached hydrogens (tertiary/aromatic N) is 1. The van der Waals surface area contributed by atoms with Gasteiger partial charge in [-0.25, -0.2) is 4.79 Å². The summed E-state index contributed by atoms with van der Waals surface area (Å²) in [5.41, 5.74) is 2.89. The number of phenols is 1. The van der Waals surface area contributed by atoms with Crippen LogP contribution in [-0.4, -0.2) is 29.6 Å². The van der Waals surface area contributed by atoms with E-state index in [4.69, 9.17) is 4.74 Å². The first-order chi connectivity index (χ1) is 12.0. The number of aromatic hydroxyl groups is 1. The predicted octanol–water partition coefficient (Wildman–Crippen LogP) is 3.23. The van der Waals surface area contributed by atoms with Crippen molar-refractivity contribution in [3.05, 3.63) is 59.2 Å². The summed E-state index contributed by atoms with van der Waals surface area (Å²) in [7, 11) is 0. The number of anilines is 1. The van der Waals surface area contributed by atoms with Gasteiger partial charge in [0.15, 0.2) is 6.10 Å². The Morgan fingerprint density at radius 2 is 1.96 bits per heavy atom. The number of carbonyl (C=O) groups excluding carboxylic acids is 2. The summed E-state index contributed by atoms with van der Waals surface area (Å²) in [5.74, 6) is -1.11. The summed E-state index contributed by atoms with van der Waals surface area (Å²) in [5, 5.41) is 9.84. The van der Waals surface area contributed by atoms with Crippen molar-refractivity contribution in [1.82, 2.24) is 0 Å². The fourth-order valence-electron chi connectivity index (χ4n) is 3.07. The highest BCUT2D eigenvalue weighted by Crippen LogP contribution is 2.28. The van der Waals surface area contributed by atoms with Crippen LogP contribution in [0.15, 0.2) is 42.5 Å². The van der Waals surface area contributed by atoms with Crippen molar-refractivity contribution in [3.8, 4) is 5.75 Å². The van der Waals surface area contributed by atoms with Gasteiger partial charge in [-0.15, -0.1) is 0 Å². The molecule has 0 spiro atoms. The number of fused-ring (bicyclic) bond motifs is 1. The van der Waals surface area contributed by atoms with Gasteiger partial charge in [0.1, 0.15) is 11.3 Å². The number of phenolic OH excluding ortho intramolecular Hbond substituents is 1. The third-order valence-electron chi connectivity index (χ3n) is 4.38. The molecule has 1 heterocycles. The minimum Gasteiger partial charge on any atom is -0.507 e. The van der Waals surface area contributed by atoms with E-state index >= 15 is 0 Å². The number of esters is 1. The van der Waals surface area contributed by atoms with Gasteiger partial charge in [0.05, 0.1) is 0 Å². The number of carbonyl (C=O) groups is 2. The maximum atomic E-state index is 12.8. The van der Waals surface area contributed by atoms with E-state index in [0.717, 1.165) is 29.7 Å². The van der Waals surface area contributed by atoms with Crippen LogP contribution < -0.4 is 4.90 Å². The molecule has 3 rings (SSSR count). The number of rotatable bonds is 3. The van der Waals surface area contributed by atoms with E-state index in [-0.39, 0.29) is 17.2 Å². The summed E-state index contributed by atoms with van der Waals surface area (Å²) in [4.78, 5) is 26.7. The number of benzene rings is 2. The van der Waals surface area contributed by atoms with Gasteiger partial charge in [-0.05, 0) is 50.5 Å². The van der Waals surface area contributed by atoms with E-state index in [9.17, 15) is 14.7 Å². The molecule has 0 saturated heterocycles. The second-order valence-electron chi connectivity index (χ2n) is 6.29. The molecule has 0 aromatic heterocycles. The Kier molecular flexibility index (Phi) is 4.74. The molecule has 2 aromatic carbocycles. The van der Waals surface area contributed by atoms with Crippen LogP contribution in [0.1, 0.15) is 34.8 Å². The molecule has 1 atom stereocenters. The fourth-order valence-corrected chi connectivity index (χ4v) is 3.07. The third-order valence-corrected chi connectivity index (χ3v) is 4.38. The van der Waals surface area contributed by atoms with Crippen molar-refractivity contribution < 1.29 is 19.4 Å². The number of hydrogen-bond acceptors (Lipinski definition) is 4. The van der Waals surface area contributed by atoms with Gasteiger partial charge < -0.3 is 14.7 Å². The zero-order valence-electron chi connectivity index (χ0n) is 14.4. The molecule has 5 nitrogen and oxygen atoms in total. The molecule has 1 amide bonds. The molecule has 5 heteroatoms. The Labute approximate surface area is 146 Å². The average Bonchev–Trinajstić information content (AvgIpc) is 2.62. The fraction of sp³-hybridized carbons (Fsp3) is 0.300. The number of aryl methyl sites for hydroxylation is 2. The lowest BCUT2D eigenvalue weighted by Gasteiger charge is -2.31. The summed E-state index contributed by atoms with van der Waals surface area (Å²) < 4.78 is 5.31. The lowest BCUT2D eigenvalue weighted by Crippen LogP contribution is -2.42. The first-order valence-corrected chi connectivity index (χ1v) is 8.37. The summed E-state index contributed by atoms with van der Waals surface area (Å²) in [6.07, 6.45) is 0.881. The zero-order valence-corrected chi connectivity index (χ0v) is 14.4. The van der Waals surface area contributed by atoms with Crippen molar-refractivity contribution in [2.75, 3.05) is 11.4 Å². The second-order valence-corrected chi connectivity index (χ2v) is 6.29. The lowest BCUT2D eigenvalue weighted by molar-refractivity contribution is -0.126. The van der Waals surface area contributed by atoms with Crippen molar-refractivity contribution in [3.63, 3.8) is 0 Å². The van der Waals surface area contributed by atoms with Crippen LogP contribution in [0.4, 0.5) is 5.69 Å². The predicted molar refractivity (Wildman–Crippen MR) is 94.8 cm³/mol. The molecule has 0 saturated carbocycles. The molecule has 0 aliphatic carbocycles. The highest BCUT2D eigenvalue weighted by molar-refractivity contribution is 6.00. The van der Waals surface area contributed by atoms with Crippen LogP contribution in [0.2, 0.25) is 0 Å². The summed E-state index contributed by atoms with van der Waals surface area (Å²) in [6, 6.07) is 12.5. The minimum absolute atomic E-state index is 0.0682. The van der Waals surface area contributed by atoms with Gasteiger partial charge in [-0.1, -0.05) is 29.8 Å². The number of ether oxygens (including phenoxy) is 1. The Morgan fingerprint density at radius 3 is 2.76 bits per heavy atom. The molecule has 2 aromatic rings. The molecule has 130 valence electrons. The van der Waals surface area contributed by atoms with Crippen LogP contribution in [-0.2, 0) is 16.0 Å². The Hall–Kier alpha value is -2.82. The Bertz CT molecular complexity index is 815. The summed E-state index contributed by atoms with van der Waals surface area (Å²) in [6.45, 7) is 3.98. The van der Waals surface area contributed by atoms with E-state index in [1.54, 1.807) is 24.0 Å². The maximum absolute atomic E-state index is 12.8. The monoisotopic (exact) mass is 339 g/mol. The lowest BCUT2D eigenvalue weighted by atomic mass is 10.0. The molecule has 1 aliphatic rings. The molecule has 1 unspecified atom stereocenters. The van der Waals surface area contributed by atoms with Gasteiger partial charge in [0.25, 0.3) is 5.91 Å². The van der Waals surface area contributed by atoms with Crippen molar-refractivity contribution in [2.24, 2.45) is 0 Å². The van der Waals surface area contributed by atoms with Crippen LogP contribution in [0.25, 0.3) is 0 Å². The number of para-hydroxylation sites is 1. The Balaban J connectivity index is 1.75. The van der Waals surface area contributed by atoms with Crippen LogP contribution in [0, 0.1) is 6.92 Å². The maximum Gasteiger partial charge on any atom is 0.342 e. The van der Waals surface area contributed by atoms with Crippen molar-refractivity contribution >= 4 is 17.6 Å². The van der Waals surface area contributed by atoms with Crippen LogP contribution in [0.5, 0.6) is 5.75 Å². The SMILES string of the molecule is Cc1ccc(O)c(C(=O)OC(C)C(=O)N2CCCc3ccccc32)c1. The summed E-state index contributed by atoms with van der Waals surface area (Å²) >= 11 is 0. The standard InChI is InChI=1S/C20H21NO4/c1-13-9-10-18(22)16(12-13)20(24)25-14(2)19(23)21-11-5-7-15-6-3-4-8-17(15)21/h3-4,6,8-10,12,14,22H,5,7,11H2,1-2H3. The van der Waals surface area contributed by atoms with E-state index < -0.39 is 12.1 Å².